The van der Waals surface area contributed by atoms with Crippen molar-refractivity contribution in [2.75, 3.05) is 12.4 Å². The summed E-state index contributed by atoms with van der Waals surface area (Å²) in [5, 5.41) is 7.11. The summed E-state index contributed by atoms with van der Waals surface area (Å²) in [5.41, 5.74) is 0.750. The summed E-state index contributed by atoms with van der Waals surface area (Å²) in [6.07, 6.45) is 6.41. The van der Waals surface area contributed by atoms with Crippen LogP contribution in [0, 0.1) is 5.92 Å². The maximum Gasteiger partial charge on any atom is 0.268 e. The summed E-state index contributed by atoms with van der Waals surface area (Å²) in [6, 6.07) is 1.60. The van der Waals surface area contributed by atoms with Gasteiger partial charge in [-0.25, -0.2) is 4.68 Å². The molecule has 4 nitrogen and oxygen atoms in total. The predicted octanol–water partition coefficient (Wildman–Crippen LogP) is 2.50. The van der Waals surface area contributed by atoms with Crippen LogP contribution in [0.25, 0.3) is 0 Å². The normalized spacial score (nSPS) is 12.4. The average molecular weight is 237 g/mol. The summed E-state index contributed by atoms with van der Waals surface area (Å²) in [6.45, 7) is 5.10. The second-order valence-electron chi connectivity index (χ2n) is 4.43. The summed E-state index contributed by atoms with van der Waals surface area (Å²) in [4.78, 5) is 11.8. The molecule has 0 aromatic carbocycles. The third-order valence-electron chi connectivity index (χ3n) is 3.13. The quantitative estimate of drug-likeness (QED) is 0.792. The van der Waals surface area contributed by atoms with Crippen LogP contribution in [-0.4, -0.2) is 16.8 Å². The lowest BCUT2D eigenvalue weighted by Gasteiger charge is -2.15. The van der Waals surface area contributed by atoms with Gasteiger partial charge >= 0.3 is 0 Å². The molecule has 1 aromatic heterocycles. The van der Waals surface area contributed by atoms with Crippen LogP contribution in [0.5, 0.6) is 0 Å². The third-order valence-corrected chi connectivity index (χ3v) is 3.13. The highest BCUT2D eigenvalue weighted by molar-refractivity contribution is 5.37. The molecule has 0 radical (unpaired) electrons. The highest BCUT2D eigenvalue weighted by Gasteiger charge is 2.08. The van der Waals surface area contributed by atoms with Gasteiger partial charge < -0.3 is 5.32 Å². The number of aromatic nitrogens is 2. The molecule has 1 aromatic rings. The summed E-state index contributed by atoms with van der Waals surface area (Å²) < 4.78 is 1.57. The van der Waals surface area contributed by atoms with E-state index in [1.807, 2.05) is 0 Å². The molecule has 1 unspecified atom stereocenters. The molecule has 96 valence electrons. The first-order valence-electron chi connectivity index (χ1n) is 6.46. The Balaban J connectivity index is 2.69. The fraction of sp³-hybridized carbons (Fsp3) is 0.692. The van der Waals surface area contributed by atoms with Gasteiger partial charge in [0.15, 0.2) is 0 Å². The van der Waals surface area contributed by atoms with Crippen LogP contribution < -0.4 is 10.9 Å². The van der Waals surface area contributed by atoms with Gasteiger partial charge in [-0.3, -0.25) is 4.79 Å². The van der Waals surface area contributed by atoms with Crippen LogP contribution in [0.3, 0.4) is 0 Å². The van der Waals surface area contributed by atoms with Gasteiger partial charge in [0.1, 0.15) is 0 Å². The van der Waals surface area contributed by atoms with Crippen LogP contribution in [0.4, 0.5) is 5.69 Å². The predicted molar refractivity (Wildman–Crippen MR) is 71.3 cm³/mol. The number of rotatable bonds is 7. The Labute approximate surface area is 103 Å². The Bertz CT molecular complexity index is 386. The Kier molecular flexibility index (Phi) is 5.73. The number of nitrogens with one attached hydrogen (secondary N) is 1. The second kappa shape index (κ2) is 7.09. The number of anilines is 1. The van der Waals surface area contributed by atoms with Gasteiger partial charge in [-0.15, -0.1) is 0 Å². The Morgan fingerprint density at radius 1 is 1.47 bits per heavy atom. The molecule has 0 aliphatic rings. The zero-order chi connectivity index (χ0) is 12.7. The third kappa shape index (κ3) is 4.21. The van der Waals surface area contributed by atoms with E-state index in [9.17, 15) is 4.79 Å². The largest absolute Gasteiger partial charge is 0.387 e. The van der Waals surface area contributed by atoms with E-state index in [4.69, 9.17) is 0 Å². The molecule has 0 spiro atoms. The summed E-state index contributed by atoms with van der Waals surface area (Å²) >= 11 is 0. The van der Waals surface area contributed by atoms with E-state index in [0.717, 1.165) is 18.7 Å². The molecule has 1 heterocycles. The number of hydrogen-bond donors (Lipinski definition) is 1. The molecule has 17 heavy (non-hydrogen) atoms. The van der Waals surface area contributed by atoms with Gasteiger partial charge in [0.2, 0.25) is 0 Å². The van der Waals surface area contributed by atoms with Crippen molar-refractivity contribution in [2.24, 2.45) is 5.92 Å². The molecule has 1 rings (SSSR count). The molecule has 1 N–H and O–H groups in total. The minimum Gasteiger partial charge on any atom is -0.387 e. The van der Waals surface area contributed by atoms with Crippen molar-refractivity contribution in [2.45, 2.75) is 46.1 Å². The standard InChI is InChI=1S/C13H23N3O/c1-4-6-7-11(5-2)10-16-13(17)8-12(14-3)9-15-16/h8-9,11,14H,4-7,10H2,1-3H3. The van der Waals surface area contributed by atoms with E-state index < -0.39 is 0 Å². The van der Waals surface area contributed by atoms with E-state index in [0.29, 0.717) is 5.92 Å². The number of nitrogens with zero attached hydrogens (tertiary/aromatic N) is 2. The van der Waals surface area contributed by atoms with Crippen molar-refractivity contribution in [3.63, 3.8) is 0 Å². The molecule has 0 amide bonds. The maximum atomic E-state index is 11.8. The van der Waals surface area contributed by atoms with Gasteiger partial charge in [-0.1, -0.05) is 33.1 Å². The number of hydrogen-bond acceptors (Lipinski definition) is 3. The first-order valence-corrected chi connectivity index (χ1v) is 6.46. The SMILES string of the molecule is CCCCC(CC)Cn1ncc(NC)cc1=O. The zero-order valence-corrected chi connectivity index (χ0v) is 11.1. The van der Waals surface area contributed by atoms with Crippen LogP contribution in [0.15, 0.2) is 17.1 Å². The van der Waals surface area contributed by atoms with Gasteiger partial charge in [0.25, 0.3) is 5.56 Å². The lowest BCUT2D eigenvalue weighted by atomic mass is 9.99. The topological polar surface area (TPSA) is 46.9 Å². The van der Waals surface area contributed by atoms with E-state index in [2.05, 4.69) is 24.3 Å². The van der Waals surface area contributed by atoms with Crippen LogP contribution in [0.1, 0.15) is 39.5 Å². The summed E-state index contributed by atoms with van der Waals surface area (Å²) in [7, 11) is 1.79. The maximum absolute atomic E-state index is 11.8. The van der Waals surface area contributed by atoms with Gasteiger partial charge in [0, 0.05) is 19.7 Å². The smallest absolute Gasteiger partial charge is 0.268 e. The molecule has 0 aliphatic heterocycles. The first-order chi connectivity index (χ1) is 8.21. The van der Waals surface area contributed by atoms with Crippen molar-refractivity contribution >= 4 is 5.69 Å². The van der Waals surface area contributed by atoms with E-state index in [-0.39, 0.29) is 5.56 Å². The van der Waals surface area contributed by atoms with Crippen molar-refractivity contribution in [3.05, 3.63) is 22.6 Å². The second-order valence-corrected chi connectivity index (χ2v) is 4.43. The lowest BCUT2D eigenvalue weighted by molar-refractivity contribution is 0.363. The molecule has 0 fully saturated rings. The van der Waals surface area contributed by atoms with Gasteiger partial charge in [-0.2, -0.15) is 5.10 Å². The minimum atomic E-state index is -0.0215. The first kappa shape index (κ1) is 13.7. The van der Waals surface area contributed by atoms with Crippen molar-refractivity contribution in [3.8, 4) is 0 Å². The molecule has 0 saturated heterocycles. The van der Waals surface area contributed by atoms with Crippen LogP contribution in [0.2, 0.25) is 0 Å². The van der Waals surface area contributed by atoms with Crippen molar-refractivity contribution < 1.29 is 0 Å². The average Bonchev–Trinajstić information content (AvgIpc) is 2.36. The lowest BCUT2D eigenvalue weighted by Crippen LogP contribution is -2.26. The molecular weight excluding hydrogens is 214 g/mol. The Morgan fingerprint density at radius 2 is 2.24 bits per heavy atom. The monoisotopic (exact) mass is 237 g/mol. The van der Waals surface area contributed by atoms with Crippen LogP contribution >= 0.6 is 0 Å². The molecule has 4 heteroatoms. The summed E-state index contributed by atoms with van der Waals surface area (Å²) in [5.74, 6) is 0.556. The Morgan fingerprint density at radius 3 is 2.76 bits per heavy atom. The molecule has 0 bridgehead atoms. The van der Waals surface area contributed by atoms with E-state index in [1.165, 1.54) is 19.3 Å². The fourth-order valence-electron chi connectivity index (χ4n) is 1.87. The molecule has 1 atom stereocenters. The molecule has 0 saturated carbocycles. The zero-order valence-electron chi connectivity index (χ0n) is 11.1. The Hall–Kier alpha value is -1.32. The molecular formula is C13H23N3O. The highest BCUT2D eigenvalue weighted by Crippen LogP contribution is 2.13. The fourth-order valence-corrected chi connectivity index (χ4v) is 1.87. The van der Waals surface area contributed by atoms with Gasteiger partial charge in [-0.05, 0) is 12.3 Å². The van der Waals surface area contributed by atoms with E-state index >= 15 is 0 Å². The van der Waals surface area contributed by atoms with E-state index in [1.54, 1.807) is 24.0 Å². The minimum absolute atomic E-state index is 0.0215. The molecule has 0 aliphatic carbocycles. The highest BCUT2D eigenvalue weighted by atomic mass is 16.1. The number of unbranched alkanes of at least 4 members (excludes halogenated alkanes) is 1. The van der Waals surface area contributed by atoms with Gasteiger partial charge in [0.05, 0.1) is 11.9 Å². The van der Waals surface area contributed by atoms with Crippen LogP contribution in [-0.2, 0) is 6.54 Å². The van der Waals surface area contributed by atoms with Crippen molar-refractivity contribution in [1.82, 2.24) is 9.78 Å². The van der Waals surface area contributed by atoms with Crippen molar-refractivity contribution in [1.29, 1.82) is 0 Å².